The molecule has 0 aromatic heterocycles. The maximum Gasteiger partial charge on any atom is -0.0161 e. The van der Waals surface area contributed by atoms with E-state index in [1.54, 1.807) is 5.57 Å². The van der Waals surface area contributed by atoms with Crippen molar-refractivity contribution < 1.29 is 0 Å². The van der Waals surface area contributed by atoms with Gasteiger partial charge >= 0.3 is 0 Å². The molecule has 0 nitrogen and oxygen atoms in total. The molecule has 0 bridgehead atoms. The lowest BCUT2D eigenvalue weighted by Crippen LogP contribution is -1.83. The molecule has 0 heterocycles. The fourth-order valence-electron chi connectivity index (χ4n) is 1.82. The summed E-state index contributed by atoms with van der Waals surface area (Å²) in [4.78, 5) is 0. The van der Waals surface area contributed by atoms with Crippen molar-refractivity contribution in [2.24, 2.45) is 0 Å². The molecular formula is C18H30. The molecule has 0 aliphatic heterocycles. The first kappa shape index (κ1) is 17.0. The van der Waals surface area contributed by atoms with Gasteiger partial charge in [0.05, 0.1) is 0 Å². The van der Waals surface area contributed by atoms with Gasteiger partial charge in [-0.25, -0.2) is 0 Å². The van der Waals surface area contributed by atoms with E-state index in [-0.39, 0.29) is 0 Å². The molecule has 0 amide bonds. The van der Waals surface area contributed by atoms with Gasteiger partial charge in [0.15, 0.2) is 0 Å². The Morgan fingerprint density at radius 1 is 0.944 bits per heavy atom. The largest absolute Gasteiger partial charge is 0.0988 e. The molecule has 102 valence electrons. The first-order valence-corrected chi connectivity index (χ1v) is 7.32. The van der Waals surface area contributed by atoms with Gasteiger partial charge in [0.1, 0.15) is 0 Å². The second kappa shape index (κ2) is 11.1. The minimum Gasteiger partial charge on any atom is -0.0988 e. The monoisotopic (exact) mass is 246 g/mol. The second-order valence-corrected chi connectivity index (χ2v) is 4.73. The van der Waals surface area contributed by atoms with Crippen LogP contribution < -0.4 is 0 Å². The maximum absolute atomic E-state index is 3.83. The third-order valence-electron chi connectivity index (χ3n) is 3.43. The minimum absolute atomic E-state index is 1.05. The second-order valence-electron chi connectivity index (χ2n) is 4.73. The summed E-state index contributed by atoms with van der Waals surface area (Å²) in [6.07, 6.45) is 15.9. The highest BCUT2D eigenvalue weighted by molar-refractivity contribution is 5.17. The molecule has 0 rings (SSSR count). The van der Waals surface area contributed by atoms with E-state index >= 15 is 0 Å². The maximum atomic E-state index is 3.83. The van der Waals surface area contributed by atoms with E-state index < -0.39 is 0 Å². The van der Waals surface area contributed by atoms with Crippen LogP contribution in [-0.4, -0.2) is 0 Å². The lowest BCUT2D eigenvalue weighted by atomic mass is 10.0. The van der Waals surface area contributed by atoms with Crippen LogP contribution in [0.4, 0.5) is 0 Å². The predicted octanol–water partition coefficient (Wildman–Crippen LogP) is 6.37. The summed E-state index contributed by atoms with van der Waals surface area (Å²) < 4.78 is 0. The molecule has 0 spiro atoms. The molecule has 0 saturated heterocycles. The van der Waals surface area contributed by atoms with Gasteiger partial charge in [-0.05, 0) is 45.4 Å². The van der Waals surface area contributed by atoms with Gasteiger partial charge in [-0.2, -0.15) is 0 Å². The van der Waals surface area contributed by atoms with Crippen LogP contribution in [0.5, 0.6) is 0 Å². The number of hydrogen-bond acceptors (Lipinski definition) is 0. The quantitative estimate of drug-likeness (QED) is 0.327. The highest BCUT2D eigenvalue weighted by Crippen LogP contribution is 2.14. The van der Waals surface area contributed by atoms with Crippen LogP contribution in [0.25, 0.3) is 0 Å². The molecule has 0 aromatic carbocycles. The van der Waals surface area contributed by atoms with Gasteiger partial charge in [0.2, 0.25) is 0 Å². The van der Waals surface area contributed by atoms with Crippen molar-refractivity contribution in [3.05, 3.63) is 47.6 Å². The Bertz CT molecular complexity index is 313. The predicted molar refractivity (Wildman–Crippen MR) is 84.8 cm³/mol. The van der Waals surface area contributed by atoms with Crippen LogP contribution in [0, 0.1) is 0 Å². The van der Waals surface area contributed by atoms with E-state index in [0.29, 0.717) is 0 Å². The molecule has 0 aromatic rings. The lowest BCUT2D eigenvalue weighted by molar-refractivity contribution is 0.887. The van der Waals surface area contributed by atoms with Crippen molar-refractivity contribution >= 4 is 0 Å². The van der Waals surface area contributed by atoms with Gasteiger partial charge in [0, 0.05) is 0 Å². The Balaban J connectivity index is 4.24. The third kappa shape index (κ3) is 8.11. The molecule has 0 unspecified atom stereocenters. The minimum atomic E-state index is 1.05. The Hall–Kier alpha value is -1.04. The van der Waals surface area contributed by atoms with E-state index in [9.17, 15) is 0 Å². The summed E-state index contributed by atoms with van der Waals surface area (Å²) in [6.45, 7) is 12.7. The molecule has 0 N–H and O–H groups in total. The molecule has 0 aliphatic carbocycles. The first-order chi connectivity index (χ1) is 8.67. The normalized spacial score (nSPS) is 13.9. The fraction of sp³-hybridized carbons (Fsp3) is 0.556. The van der Waals surface area contributed by atoms with E-state index in [1.807, 2.05) is 6.08 Å². The van der Waals surface area contributed by atoms with Gasteiger partial charge in [0.25, 0.3) is 0 Å². The molecule has 0 radical (unpaired) electrons. The standard InChI is InChI=1S/C18H30/c1-6-16(5)12-10-14-18(9-4)15-11-13-17(7-2)8-3/h7,12-13,15H,2,6,8-11,14H2,1,3-5H3/b16-12+,17-13-,18-15+. The fourth-order valence-corrected chi connectivity index (χ4v) is 1.82. The zero-order chi connectivity index (χ0) is 13.8. The lowest BCUT2D eigenvalue weighted by Gasteiger charge is -2.03. The molecular weight excluding hydrogens is 216 g/mol. The van der Waals surface area contributed by atoms with Crippen molar-refractivity contribution in [1.29, 1.82) is 0 Å². The van der Waals surface area contributed by atoms with Crippen LogP contribution >= 0.6 is 0 Å². The number of rotatable bonds is 9. The van der Waals surface area contributed by atoms with Crippen molar-refractivity contribution in [2.45, 2.75) is 66.2 Å². The molecule has 18 heavy (non-hydrogen) atoms. The Morgan fingerprint density at radius 2 is 1.67 bits per heavy atom. The zero-order valence-electron chi connectivity index (χ0n) is 12.8. The molecule has 0 aliphatic rings. The van der Waals surface area contributed by atoms with Gasteiger partial charge in [-0.15, -0.1) is 0 Å². The Labute approximate surface area is 114 Å². The smallest absolute Gasteiger partial charge is 0.0161 e. The van der Waals surface area contributed by atoms with Crippen LogP contribution in [0.15, 0.2) is 47.6 Å². The van der Waals surface area contributed by atoms with E-state index in [0.717, 1.165) is 12.8 Å². The van der Waals surface area contributed by atoms with Crippen LogP contribution in [-0.2, 0) is 0 Å². The van der Waals surface area contributed by atoms with Crippen molar-refractivity contribution in [3.8, 4) is 0 Å². The van der Waals surface area contributed by atoms with Crippen LogP contribution in [0.1, 0.15) is 66.2 Å². The average Bonchev–Trinajstić information content (AvgIpc) is 2.41. The SMILES string of the molecule is C=C/C(=C/C/C=C(\CC)CC/C=C(\C)CC)CC. The van der Waals surface area contributed by atoms with Crippen molar-refractivity contribution in [1.82, 2.24) is 0 Å². The summed E-state index contributed by atoms with van der Waals surface area (Å²) in [5, 5.41) is 0. The summed E-state index contributed by atoms with van der Waals surface area (Å²) in [5.41, 5.74) is 4.43. The number of allylic oxidation sites excluding steroid dienone is 7. The molecule has 0 atom stereocenters. The molecule has 0 saturated carbocycles. The number of hydrogen-bond donors (Lipinski definition) is 0. The van der Waals surface area contributed by atoms with Gasteiger partial charge in [-0.3, -0.25) is 0 Å². The third-order valence-corrected chi connectivity index (χ3v) is 3.43. The summed E-state index contributed by atoms with van der Waals surface area (Å²) >= 11 is 0. The Morgan fingerprint density at radius 3 is 2.17 bits per heavy atom. The summed E-state index contributed by atoms with van der Waals surface area (Å²) in [7, 11) is 0. The summed E-state index contributed by atoms with van der Waals surface area (Å²) in [5.74, 6) is 0. The van der Waals surface area contributed by atoms with Gasteiger partial charge in [-0.1, -0.05) is 68.4 Å². The summed E-state index contributed by atoms with van der Waals surface area (Å²) in [6, 6.07) is 0. The zero-order valence-corrected chi connectivity index (χ0v) is 12.8. The van der Waals surface area contributed by atoms with Crippen molar-refractivity contribution in [3.63, 3.8) is 0 Å². The highest BCUT2D eigenvalue weighted by Gasteiger charge is 1.93. The highest BCUT2D eigenvalue weighted by atomic mass is 14.0. The molecule has 0 fully saturated rings. The molecule has 0 heteroatoms. The Kier molecular flexibility index (Phi) is 10.4. The van der Waals surface area contributed by atoms with E-state index in [1.165, 1.54) is 36.8 Å². The van der Waals surface area contributed by atoms with Crippen molar-refractivity contribution in [2.75, 3.05) is 0 Å². The van der Waals surface area contributed by atoms with E-state index in [2.05, 4.69) is 52.5 Å². The average molecular weight is 246 g/mol. The van der Waals surface area contributed by atoms with Crippen LogP contribution in [0.3, 0.4) is 0 Å². The van der Waals surface area contributed by atoms with Crippen LogP contribution in [0.2, 0.25) is 0 Å². The topological polar surface area (TPSA) is 0 Å². The van der Waals surface area contributed by atoms with E-state index in [4.69, 9.17) is 0 Å². The van der Waals surface area contributed by atoms with Gasteiger partial charge < -0.3 is 0 Å². The first-order valence-electron chi connectivity index (χ1n) is 7.32.